The Kier molecular flexibility index (Phi) is 4.66. The van der Waals surface area contributed by atoms with Crippen LogP contribution in [0.2, 0.25) is 0 Å². The number of rotatable bonds is 5. The molecule has 3 heterocycles. The highest BCUT2D eigenvalue weighted by molar-refractivity contribution is 5.92. The maximum absolute atomic E-state index is 12.7. The van der Waals surface area contributed by atoms with E-state index in [0.29, 0.717) is 32.0 Å². The van der Waals surface area contributed by atoms with Gasteiger partial charge in [0.15, 0.2) is 0 Å². The number of aryl methyl sites for hydroxylation is 1. The van der Waals surface area contributed by atoms with Crippen LogP contribution in [0.1, 0.15) is 41.5 Å². The van der Waals surface area contributed by atoms with E-state index in [2.05, 4.69) is 22.0 Å². The molecule has 0 saturated carbocycles. The minimum Gasteiger partial charge on any atom is -0.381 e. The van der Waals surface area contributed by atoms with Gasteiger partial charge in [0, 0.05) is 43.9 Å². The summed E-state index contributed by atoms with van der Waals surface area (Å²) < 4.78 is 7.63. The van der Waals surface area contributed by atoms with Gasteiger partial charge in [0.1, 0.15) is 12.0 Å². The third-order valence-corrected chi connectivity index (χ3v) is 4.06. The molecule has 1 amide bonds. The van der Waals surface area contributed by atoms with Gasteiger partial charge in [0.2, 0.25) is 0 Å². The molecule has 1 unspecified atom stereocenters. The summed E-state index contributed by atoms with van der Waals surface area (Å²) in [5.74, 6) is 0.0516. The molecule has 122 valence electrons. The van der Waals surface area contributed by atoms with Crippen LogP contribution in [0.15, 0.2) is 24.8 Å². The Morgan fingerprint density at radius 2 is 2.30 bits per heavy atom. The normalized spacial score (nSPS) is 17.1. The second-order valence-corrected chi connectivity index (χ2v) is 5.51. The molecule has 1 aliphatic rings. The maximum atomic E-state index is 12.7. The average Bonchev–Trinajstić information content (AvgIpc) is 3.03. The molecule has 0 spiro atoms. The lowest BCUT2D eigenvalue weighted by atomic mass is 9.96. The second kappa shape index (κ2) is 6.87. The monoisotopic (exact) mass is 315 g/mol. The van der Waals surface area contributed by atoms with Crippen molar-refractivity contribution in [1.29, 1.82) is 0 Å². The zero-order valence-electron chi connectivity index (χ0n) is 13.5. The molecule has 0 saturated heterocycles. The van der Waals surface area contributed by atoms with E-state index in [4.69, 9.17) is 4.74 Å². The molecule has 1 aliphatic heterocycles. The van der Waals surface area contributed by atoms with E-state index in [1.807, 2.05) is 22.7 Å². The standard InChI is InChI=1S/C16H21N5O2/c1-3-21-15-12(7-19-21)8-20(9-13(15)10-23-4-2)16(22)14-5-6-17-11-18-14/h5-7,11,13H,3-4,8-10H2,1-2H3. The van der Waals surface area contributed by atoms with Crippen molar-refractivity contribution in [3.8, 4) is 0 Å². The van der Waals surface area contributed by atoms with Gasteiger partial charge in [-0.05, 0) is 19.9 Å². The molecule has 23 heavy (non-hydrogen) atoms. The third-order valence-electron chi connectivity index (χ3n) is 4.06. The fourth-order valence-electron chi connectivity index (χ4n) is 3.03. The number of aromatic nitrogens is 4. The number of nitrogens with zero attached hydrogens (tertiary/aromatic N) is 5. The van der Waals surface area contributed by atoms with Crippen LogP contribution in [0, 0.1) is 0 Å². The van der Waals surface area contributed by atoms with Crippen molar-refractivity contribution in [3.63, 3.8) is 0 Å². The first-order valence-corrected chi connectivity index (χ1v) is 7.92. The second-order valence-electron chi connectivity index (χ2n) is 5.51. The lowest BCUT2D eigenvalue weighted by Gasteiger charge is -2.33. The Morgan fingerprint density at radius 3 is 3.00 bits per heavy atom. The summed E-state index contributed by atoms with van der Waals surface area (Å²) >= 11 is 0. The number of fused-ring (bicyclic) bond motifs is 1. The Balaban J connectivity index is 1.87. The first-order chi connectivity index (χ1) is 11.2. The lowest BCUT2D eigenvalue weighted by Crippen LogP contribution is -2.40. The molecule has 7 nitrogen and oxygen atoms in total. The molecule has 0 fully saturated rings. The fourth-order valence-corrected chi connectivity index (χ4v) is 3.03. The Hall–Kier alpha value is -2.28. The van der Waals surface area contributed by atoms with E-state index in [9.17, 15) is 4.79 Å². The van der Waals surface area contributed by atoms with Crippen LogP contribution in [-0.2, 0) is 17.8 Å². The van der Waals surface area contributed by atoms with Crippen molar-refractivity contribution < 1.29 is 9.53 Å². The topological polar surface area (TPSA) is 73.1 Å². The molecule has 2 aromatic rings. The van der Waals surface area contributed by atoms with Gasteiger partial charge in [-0.25, -0.2) is 9.97 Å². The number of amides is 1. The Morgan fingerprint density at radius 1 is 1.43 bits per heavy atom. The minimum absolute atomic E-state index is 0.0798. The van der Waals surface area contributed by atoms with E-state index in [-0.39, 0.29) is 11.8 Å². The summed E-state index contributed by atoms with van der Waals surface area (Å²) in [7, 11) is 0. The maximum Gasteiger partial charge on any atom is 0.272 e. The number of hydrogen-bond acceptors (Lipinski definition) is 5. The summed E-state index contributed by atoms with van der Waals surface area (Å²) in [4.78, 5) is 22.4. The van der Waals surface area contributed by atoms with Crippen LogP contribution in [0.4, 0.5) is 0 Å². The molecule has 2 aromatic heterocycles. The Labute approximate surface area is 135 Å². The van der Waals surface area contributed by atoms with Gasteiger partial charge in [-0.2, -0.15) is 5.10 Å². The smallest absolute Gasteiger partial charge is 0.272 e. The average molecular weight is 315 g/mol. The van der Waals surface area contributed by atoms with Crippen molar-refractivity contribution in [1.82, 2.24) is 24.6 Å². The highest BCUT2D eigenvalue weighted by Gasteiger charge is 2.32. The van der Waals surface area contributed by atoms with E-state index >= 15 is 0 Å². The molecular formula is C16H21N5O2. The molecule has 0 N–H and O–H groups in total. The van der Waals surface area contributed by atoms with E-state index < -0.39 is 0 Å². The van der Waals surface area contributed by atoms with Crippen LogP contribution < -0.4 is 0 Å². The van der Waals surface area contributed by atoms with Gasteiger partial charge in [0.05, 0.1) is 18.5 Å². The van der Waals surface area contributed by atoms with Crippen LogP contribution in [0.5, 0.6) is 0 Å². The van der Waals surface area contributed by atoms with Crippen LogP contribution in [0.25, 0.3) is 0 Å². The molecule has 0 radical (unpaired) electrons. The molecule has 0 aliphatic carbocycles. The first kappa shape index (κ1) is 15.6. The van der Waals surface area contributed by atoms with E-state index in [0.717, 1.165) is 12.1 Å². The number of carbonyl (C=O) groups is 1. The molecule has 3 rings (SSSR count). The summed E-state index contributed by atoms with van der Waals surface area (Å²) in [6.07, 6.45) is 4.84. The van der Waals surface area contributed by atoms with Gasteiger partial charge in [0.25, 0.3) is 5.91 Å². The van der Waals surface area contributed by atoms with E-state index in [1.165, 1.54) is 12.0 Å². The fraction of sp³-hybridized carbons (Fsp3) is 0.500. The predicted molar refractivity (Wildman–Crippen MR) is 83.9 cm³/mol. The van der Waals surface area contributed by atoms with Crippen LogP contribution >= 0.6 is 0 Å². The van der Waals surface area contributed by atoms with Crippen molar-refractivity contribution in [2.75, 3.05) is 19.8 Å². The third kappa shape index (κ3) is 3.10. The number of hydrogen-bond donors (Lipinski definition) is 0. The zero-order chi connectivity index (χ0) is 16.2. The highest BCUT2D eigenvalue weighted by atomic mass is 16.5. The first-order valence-electron chi connectivity index (χ1n) is 7.92. The van der Waals surface area contributed by atoms with Crippen molar-refractivity contribution in [2.45, 2.75) is 32.9 Å². The zero-order valence-corrected chi connectivity index (χ0v) is 13.5. The largest absolute Gasteiger partial charge is 0.381 e. The lowest BCUT2D eigenvalue weighted by molar-refractivity contribution is 0.0641. The molecular weight excluding hydrogens is 294 g/mol. The van der Waals surface area contributed by atoms with E-state index in [1.54, 1.807) is 12.3 Å². The van der Waals surface area contributed by atoms with Crippen LogP contribution in [0.3, 0.4) is 0 Å². The summed E-state index contributed by atoms with van der Waals surface area (Å²) in [6.45, 7) is 7.28. The molecule has 7 heteroatoms. The summed E-state index contributed by atoms with van der Waals surface area (Å²) in [5, 5.41) is 4.44. The van der Waals surface area contributed by atoms with Crippen LogP contribution in [-0.4, -0.2) is 50.3 Å². The van der Waals surface area contributed by atoms with Gasteiger partial charge in [-0.1, -0.05) is 0 Å². The summed E-state index contributed by atoms with van der Waals surface area (Å²) in [5.41, 5.74) is 2.69. The molecule has 1 atom stereocenters. The minimum atomic E-state index is -0.0798. The molecule has 0 aromatic carbocycles. The van der Waals surface area contributed by atoms with Crippen molar-refractivity contribution in [3.05, 3.63) is 41.7 Å². The van der Waals surface area contributed by atoms with Gasteiger partial charge < -0.3 is 9.64 Å². The SMILES string of the molecule is CCOCC1CN(C(=O)c2ccncn2)Cc2cnn(CC)c21. The molecule has 0 bridgehead atoms. The predicted octanol–water partition coefficient (Wildman–Crippen LogP) is 1.47. The number of carbonyl (C=O) groups excluding carboxylic acids is 1. The van der Waals surface area contributed by atoms with Crippen molar-refractivity contribution in [2.24, 2.45) is 0 Å². The van der Waals surface area contributed by atoms with Gasteiger partial charge in [-0.3, -0.25) is 9.48 Å². The van der Waals surface area contributed by atoms with Gasteiger partial charge in [-0.15, -0.1) is 0 Å². The highest BCUT2D eigenvalue weighted by Crippen LogP contribution is 2.29. The van der Waals surface area contributed by atoms with Gasteiger partial charge >= 0.3 is 0 Å². The quantitative estimate of drug-likeness (QED) is 0.835. The number of ether oxygens (including phenoxy) is 1. The van der Waals surface area contributed by atoms with Crippen molar-refractivity contribution >= 4 is 5.91 Å². The Bertz CT molecular complexity index is 670. The summed E-state index contributed by atoms with van der Waals surface area (Å²) in [6, 6.07) is 1.64.